The van der Waals surface area contributed by atoms with Gasteiger partial charge in [0.2, 0.25) is 0 Å². The van der Waals surface area contributed by atoms with Crippen LogP contribution in [0.25, 0.3) is 28.1 Å². The Bertz CT molecular complexity index is 3240. The van der Waals surface area contributed by atoms with E-state index in [9.17, 15) is 53.7 Å². The van der Waals surface area contributed by atoms with Crippen molar-refractivity contribution in [1.29, 1.82) is 0 Å². The number of nitrogens with one attached hydrogen (secondary N) is 5. The summed E-state index contributed by atoms with van der Waals surface area (Å²) in [5.74, 6) is -2.58. The Hall–Kier alpha value is -7.69. The fourth-order valence-electron chi connectivity index (χ4n) is 10.2. The molecule has 8 N–H and O–H groups in total. The topological polar surface area (TPSA) is 319 Å². The molecule has 26 nitrogen and oxygen atoms in total. The number of amides is 3. The van der Waals surface area contributed by atoms with E-state index in [0.717, 1.165) is 0 Å². The Labute approximate surface area is 486 Å². The van der Waals surface area contributed by atoms with Crippen LogP contribution in [0.5, 0.6) is 11.5 Å². The number of hydrogen-bond acceptors (Lipinski definition) is 19. The highest BCUT2D eigenvalue weighted by molar-refractivity contribution is 6.34. The molecule has 0 bridgehead atoms. The minimum Gasteiger partial charge on any atom is -0.496 e. The van der Waals surface area contributed by atoms with Gasteiger partial charge in [0.25, 0.3) is 16.8 Å². The van der Waals surface area contributed by atoms with Crippen molar-refractivity contribution in [1.82, 2.24) is 44.9 Å². The minimum absolute atomic E-state index is 0.0266. The van der Waals surface area contributed by atoms with Gasteiger partial charge in [-0.1, -0.05) is 35.3 Å². The number of nitrogens with zero attached hydrogens (tertiary/aromatic N) is 7. The number of carbonyl (C=O) groups excluding carboxylic acids is 3. The molecule has 8 rings (SSSR count). The van der Waals surface area contributed by atoms with Crippen molar-refractivity contribution in [2.24, 2.45) is 0 Å². The Morgan fingerprint density at radius 1 is 0.759 bits per heavy atom. The summed E-state index contributed by atoms with van der Waals surface area (Å²) in [6, 6.07) is 15.2. The maximum Gasteiger partial charge on any atom is 0.319 e. The number of hydrogen-bond donors (Lipinski definition) is 8. The summed E-state index contributed by atoms with van der Waals surface area (Å²) in [6.45, 7) is 6.02. The molecule has 0 radical (unpaired) electrons. The average Bonchev–Trinajstić information content (AvgIpc) is 2.42. The van der Waals surface area contributed by atoms with Gasteiger partial charge in [-0.25, -0.2) is 9.48 Å². The lowest BCUT2D eigenvalue weighted by molar-refractivity contribution is -0.140. The van der Waals surface area contributed by atoms with Gasteiger partial charge in [-0.2, -0.15) is 5.10 Å². The lowest BCUT2D eigenvalue weighted by atomic mass is 9.95. The molecule has 1 atom stereocenters. The number of aldehydes is 1. The van der Waals surface area contributed by atoms with Crippen LogP contribution < -0.4 is 46.9 Å². The van der Waals surface area contributed by atoms with Gasteiger partial charge in [0.05, 0.1) is 56.9 Å². The highest BCUT2D eigenvalue weighted by Crippen LogP contribution is 2.47. The molecule has 3 amide bonds. The molecule has 0 spiro atoms. The second kappa shape index (κ2) is 27.6. The van der Waals surface area contributed by atoms with E-state index >= 15 is 0 Å². The van der Waals surface area contributed by atoms with Crippen LogP contribution in [0, 0.1) is 0 Å². The number of ether oxygens (including phenoxy) is 3. The second-order valence-corrected chi connectivity index (χ2v) is 21.6. The molecular weight excluding hydrogens is 1120 g/mol. The van der Waals surface area contributed by atoms with Crippen LogP contribution in [-0.4, -0.2) is 222 Å². The number of urea groups is 1. The fraction of sp³-hybridized carbons (Fsp3) is 0.436. The molecule has 5 aromatic rings. The zero-order valence-electron chi connectivity index (χ0n) is 46.0. The van der Waals surface area contributed by atoms with Gasteiger partial charge >= 0.3 is 23.9 Å². The first kappa shape index (κ1) is 61.4. The van der Waals surface area contributed by atoms with E-state index in [1.54, 1.807) is 71.6 Å². The summed E-state index contributed by atoms with van der Waals surface area (Å²) in [5.41, 5.74) is 2.16. The van der Waals surface area contributed by atoms with Crippen molar-refractivity contribution < 1.29 is 58.3 Å². The van der Waals surface area contributed by atoms with Crippen LogP contribution in [0.15, 0.2) is 64.2 Å². The van der Waals surface area contributed by atoms with Gasteiger partial charge in [-0.3, -0.25) is 53.7 Å². The first-order chi connectivity index (χ1) is 39.7. The summed E-state index contributed by atoms with van der Waals surface area (Å²) in [6.07, 6.45) is -0.242. The van der Waals surface area contributed by atoms with Crippen LogP contribution in [0.1, 0.15) is 29.9 Å². The number of morpholine rings is 1. The van der Waals surface area contributed by atoms with Crippen LogP contribution in [0.2, 0.25) is 10.0 Å². The van der Waals surface area contributed by atoms with E-state index in [0.29, 0.717) is 86.9 Å². The lowest BCUT2D eigenvalue weighted by Crippen LogP contribution is -2.55. The van der Waals surface area contributed by atoms with Crippen LogP contribution >= 0.6 is 23.2 Å². The Morgan fingerprint density at radius 2 is 1.35 bits per heavy atom. The number of halogens is 2. The predicted molar refractivity (Wildman–Crippen MR) is 308 cm³/mol. The summed E-state index contributed by atoms with van der Waals surface area (Å²) in [5, 5.41) is 48.8. The maximum atomic E-state index is 14.4. The van der Waals surface area contributed by atoms with Gasteiger partial charge in [0.1, 0.15) is 35.6 Å². The van der Waals surface area contributed by atoms with Gasteiger partial charge in [0.15, 0.2) is 12.0 Å². The van der Waals surface area contributed by atoms with Crippen LogP contribution in [-0.2, 0) is 30.5 Å². The fourth-order valence-corrected chi connectivity index (χ4v) is 10.8. The largest absolute Gasteiger partial charge is 0.496 e. The van der Waals surface area contributed by atoms with Crippen LogP contribution in [0.4, 0.5) is 21.9 Å². The Kier molecular flexibility index (Phi) is 20.4. The third-order valence-electron chi connectivity index (χ3n) is 14.4. The number of fused-ring (bicyclic) bond motifs is 3. The number of methoxy groups -OCH3 is 1. The second-order valence-electron chi connectivity index (χ2n) is 20.7. The highest BCUT2D eigenvalue weighted by atomic mass is 35.5. The Morgan fingerprint density at radius 3 is 1.92 bits per heavy atom. The van der Waals surface area contributed by atoms with E-state index in [1.807, 2.05) is 26.0 Å². The standard InChI is InChI=1S/C55H66Cl2N12O14/c1-55(2)32-82-20-19-68(55)53(79)47-40-31-83-42-26-41(81-3)38(25-39(42)50(40)69(63-47)37-23-34(56)22-35(57)24-37)33-5-4-6-36(21-33)62-54(80)61-10-9-60-49-48(51(77)52(49)78)59-8-7-58-43(30-70)67-17-15-65(28-45(73)74)13-11-64(27-44(71)72)12-14-66(16-18-67)29-46(75)76/h4-6,21-26,30,43,58-60H,7-20,27-29,31-32H2,1-3H3,(H,71,72)(H,73,74)(H,75,76)(H2,61,62,80). The number of rotatable bonds is 22. The molecule has 4 aromatic carbocycles. The number of benzene rings is 3. The number of carbonyl (C=O) groups is 6. The summed E-state index contributed by atoms with van der Waals surface area (Å²) < 4.78 is 19.6. The van der Waals surface area contributed by atoms with Crippen molar-refractivity contribution in [3.8, 4) is 39.6 Å². The zero-order valence-corrected chi connectivity index (χ0v) is 47.5. The maximum absolute atomic E-state index is 14.4. The molecule has 3 aliphatic rings. The average molecular weight is 1190 g/mol. The third-order valence-corrected chi connectivity index (χ3v) is 14.8. The first-order valence-electron chi connectivity index (χ1n) is 26.8. The van der Waals surface area contributed by atoms with E-state index in [4.69, 9.17) is 42.5 Å². The van der Waals surface area contributed by atoms with Gasteiger partial charge < -0.3 is 60.5 Å². The molecule has 0 aliphatic carbocycles. The minimum atomic E-state index is -1.08. The quantitative estimate of drug-likeness (QED) is 0.0280. The molecular formula is C55H66Cl2N12O14. The number of aliphatic carboxylic acids is 3. The van der Waals surface area contributed by atoms with Crippen LogP contribution in [0.3, 0.4) is 0 Å². The number of anilines is 3. The third kappa shape index (κ3) is 15.3. The first-order valence-corrected chi connectivity index (χ1v) is 27.5. The molecule has 83 heavy (non-hydrogen) atoms. The smallest absolute Gasteiger partial charge is 0.319 e. The predicted octanol–water partition coefficient (Wildman–Crippen LogP) is 2.50. The molecule has 28 heteroatoms. The summed E-state index contributed by atoms with van der Waals surface area (Å²) >= 11 is 13.0. The normalized spacial score (nSPS) is 16.7. The molecule has 3 aliphatic heterocycles. The number of carboxylic acid groups (broad SMARTS) is 3. The van der Waals surface area contributed by atoms with Crippen molar-refractivity contribution >= 4 is 76.4 Å². The van der Waals surface area contributed by atoms with Crippen molar-refractivity contribution in [2.45, 2.75) is 32.2 Å². The molecule has 0 saturated carbocycles. The van der Waals surface area contributed by atoms with E-state index < -0.39 is 46.5 Å². The monoisotopic (exact) mass is 1190 g/mol. The van der Waals surface area contributed by atoms with E-state index in [-0.39, 0.29) is 128 Å². The molecule has 2 saturated heterocycles. The van der Waals surface area contributed by atoms with Gasteiger partial charge in [-0.05, 0) is 55.8 Å². The van der Waals surface area contributed by atoms with Gasteiger partial charge in [0, 0.05) is 124 Å². The molecule has 1 unspecified atom stereocenters. The van der Waals surface area contributed by atoms with Crippen molar-refractivity contribution in [2.75, 3.05) is 141 Å². The van der Waals surface area contributed by atoms with Crippen molar-refractivity contribution in [3.63, 3.8) is 0 Å². The molecule has 444 valence electrons. The number of carboxylic acids is 3. The van der Waals surface area contributed by atoms with Crippen molar-refractivity contribution in [3.05, 3.63) is 96.3 Å². The molecule has 1 aromatic heterocycles. The lowest BCUT2D eigenvalue weighted by Gasteiger charge is -2.41. The molecule has 2 fully saturated rings. The summed E-state index contributed by atoms with van der Waals surface area (Å²) in [7, 11) is 1.53. The van der Waals surface area contributed by atoms with E-state index in [1.165, 1.54) is 7.11 Å². The summed E-state index contributed by atoms with van der Waals surface area (Å²) in [4.78, 5) is 109. The van der Waals surface area contributed by atoms with Gasteiger partial charge in [-0.15, -0.1) is 0 Å². The Balaban J connectivity index is 0.884. The van der Waals surface area contributed by atoms with E-state index in [2.05, 4.69) is 26.6 Å². The molecule has 4 heterocycles. The highest BCUT2D eigenvalue weighted by Gasteiger charge is 2.40. The number of aromatic nitrogens is 2. The SMILES string of the molecule is COc1cc2c(cc1-c1cccc(NC(=O)NCCNc3c(NCCNC(C=O)N4CCN(CC(=O)O)CCN(CC(=O)O)CCN(CC(=O)O)CC4)c(=O)c3=O)c1)-c1c(c(C(=O)N3CCOCC3(C)C)nn1-c1cc(Cl)cc(Cl)c1)CO2. The zero-order chi connectivity index (χ0) is 59.5.